The molecule has 0 saturated carbocycles. The molecule has 0 atom stereocenters. The minimum absolute atomic E-state index is 0.209. The maximum Gasteiger partial charge on any atom is 0.263 e. The lowest BCUT2D eigenvalue weighted by Gasteiger charge is -2.09. The molecule has 0 aromatic heterocycles. The van der Waals surface area contributed by atoms with Crippen LogP contribution < -0.4 is 0 Å². The Morgan fingerprint density at radius 1 is 1.38 bits per heavy atom. The molecule has 0 heterocycles. The molecular weight excluding hydrogens is 188 g/mol. The summed E-state index contributed by atoms with van der Waals surface area (Å²) in [6, 6.07) is 0. The number of amides is 1. The molecule has 78 valence electrons. The predicted octanol–water partition coefficient (Wildman–Crippen LogP) is 1.74. The van der Waals surface area contributed by atoms with Gasteiger partial charge in [0.25, 0.3) is 5.91 Å². The third-order valence-corrected chi connectivity index (χ3v) is 1.26. The Labute approximate surface area is 86.1 Å². The first kappa shape index (κ1) is 15.0. The lowest BCUT2D eigenvalue weighted by atomic mass is 10.3. The smallest absolute Gasteiger partial charge is 0.263 e. The minimum Gasteiger partial charge on any atom is -0.312 e. The Balaban J connectivity index is 0. The fraction of sp³-hybridized carbons (Fsp3) is 0.667. The Hall–Kier alpha value is -0.540. The van der Waals surface area contributed by atoms with Crippen LogP contribution in [0.3, 0.4) is 0 Å². The second kappa shape index (κ2) is 8.08. The summed E-state index contributed by atoms with van der Waals surface area (Å²) in [6.45, 7) is 7.39. The van der Waals surface area contributed by atoms with Crippen molar-refractivity contribution in [1.82, 2.24) is 9.32 Å². The van der Waals surface area contributed by atoms with Crippen molar-refractivity contribution in [3.05, 3.63) is 12.2 Å². The Kier molecular flexibility index (Phi) is 9.29. The van der Waals surface area contributed by atoms with E-state index < -0.39 is 0 Å². The number of carbonyl (C=O) groups is 1. The van der Waals surface area contributed by atoms with Gasteiger partial charge in [0.05, 0.1) is 0 Å². The second-order valence-corrected chi connectivity index (χ2v) is 3.51. The van der Waals surface area contributed by atoms with Crippen LogP contribution in [0.25, 0.3) is 0 Å². The normalized spacial score (nSPS) is 8.85. The van der Waals surface area contributed by atoms with Crippen molar-refractivity contribution in [2.24, 2.45) is 0 Å². The summed E-state index contributed by atoms with van der Waals surface area (Å²) in [7, 11) is 6.00. The zero-order valence-corrected chi connectivity index (χ0v) is 9.85. The van der Waals surface area contributed by atoms with Crippen molar-refractivity contribution in [2.75, 3.05) is 27.7 Å². The molecule has 0 rings (SSSR count). The third kappa shape index (κ3) is 11.5. The van der Waals surface area contributed by atoms with Crippen molar-refractivity contribution >= 4 is 17.7 Å². The molecule has 0 radical (unpaired) electrons. The first-order chi connectivity index (χ1) is 5.82. The Bertz CT molecular complexity index is 166. The highest BCUT2D eigenvalue weighted by molar-refractivity contribution is 6.23. The van der Waals surface area contributed by atoms with E-state index in [2.05, 4.69) is 6.58 Å². The topological polar surface area (TPSA) is 23.6 Å². The molecule has 1 amide bonds. The lowest BCUT2D eigenvalue weighted by molar-refractivity contribution is -0.122. The molecule has 13 heavy (non-hydrogen) atoms. The van der Waals surface area contributed by atoms with Crippen molar-refractivity contribution in [3.63, 3.8) is 0 Å². The summed E-state index contributed by atoms with van der Waals surface area (Å²) in [6.07, 6.45) is 0. The minimum atomic E-state index is -0.209. The standard InChI is InChI=1S/C6H10ClNO.C3H9N/c1-4-8(7)6(9)5(2)3;1-4(2)3/h2,4H2,1,3H3;1-3H3. The number of likely N-dealkylation sites (N-methyl/N-ethyl adjacent to an activating group) is 1. The van der Waals surface area contributed by atoms with E-state index in [4.69, 9.17) is 11.8 Å². The average molecular weight is 207 g/mol. The Morgan fingerprint density at radius 3 is 1.77 bits per heavy atom. The van der Waals surface area contributed by atoms with Crippen LogP contribution in [-0.4, -0.2) is 42.9 Å². The number of hydrogen-bond acceptors (Lipinski definition) is 2. The SMILES string of the molecule is C=C(C)C(=O)N(Cl)CC.CN(C)C. The lowest BCUT2D eigenvalue weighted by Crippen LogP contribution is -2.20. The fourth-order valence-corrected chi connectivity index (χ4v) is 0.495. The fourth-order valence-electron chi connectivity index (χ4n) is 0.351. The summed E-state index contributed by atoms with van der Waals surface area (Å²) in [5.74, 6) is -0.209. The third-order valence-electron chi connectivity index (χ3n) is 0.863. The van der Waals surface area contributed by atoms with Crippen LogP contribution in [0.15, 0.2) is 12.2 Å². The van der Waals surface area contributed by atoms with Gasteiger partial charge in [-0.1, -0.05) is 6.58 Å². The van der Waals surface area contributed by atoms with Gasteiger partial charge in [-0.3, -0.25) is 9.21 Å². The van der Waals surface area contributed by atoms with E-state index in [0.29, 0.717) is 12.1 Å². The van der Waals surface area contributed by atoms with Gasteiger partial charge in [0, 0.05) is 23.9 Å². The summed E-state index contributed by atoms with van der Waals surface area (Å²) >= 11 is 5.43. The van der Waals surface area contributed by atoms with E-state index in [-0.39, 0.29) is 5.91 Å². The molecule has 0 aliphatic rings. The van der Waals surface area contributed by atoms with E-state index in [1.54, 1.807) is 13.8 Å². The molecule has 0 aromatic rings. The molecule has 0 N–H and O–H groups in total. The zero-order chi connectivity index (χ0) is 11.0. The number of rotatable bonds is 2. The van der Waals surface area contributed by atoms with Crippen LogP contribution in [0.2, 0.25) is 0 Å². The highest BCUT2D eigenvalue weighted by atomic mass is 35.5. The van der Waals surface area contributed by atoms with Gasteiger partial charge in [-0.05, 0) is 35.0 Å². The molecule has 0 aliphatic carbocycles. The summed E-state index contributed by atoms with van der Waals surface area (Å²) < 4.78 is 1.10. The van der Waals surface area contributed by atoms with Crippen LogP contribution in [0.4, 0.5) is 0 Å². The first-order valence-corrected chi connectivity index (χ1v) is 4.40. The van der Waals surface area contributed by atoms with Gasteiger partial charge >= 0.3 is 0 Å². The van der Waals surface area contributed by atoms with E-state index in [1.807, 2.05) is 26.0 Å². The Morgan fingerprint density at radius 2 is 1.69 bits per heavy atom. The van der Waals surface area contributed by atoms with Gasteiger partial charge in [0.15, 0.2) is 0 Å². The van der Waals surface area contributed by atoms with Crippen LogP contribution >= 0.6 is 11.8 Å². The quantitative estimate of drug-likeness (QED) is 0.508. The molecule has 3 nitrogen and oxygen atoms in total. The van der Waals surface area contributed by atoms with Gasteiger partial charge in [0.1, 0.15) is 0 Å². The molecule has 0 unspecified atom stereocenters. The van der Waals surface area contributed by atoms with Crippen molar-refractivity contribution in [3.8, 4) is 0 Å². The molecule has 0 fully saturated rings. The number of halogens is 1. The molecular formula is C9H19ClN2O. The average Bonchev–Trinajstić information content (AvgIpc) is 2.00. The maximum atomic E-state index is 10.8. The van der Waals surface area contributed by atoms with Crippen LogP contribution in [0.5, 0.6) is 0 Å². The van der Waals surface area contributed by atoms with E-state index in [1.165, 1.54) is 0 Å². The second-order valence-electron chi connectivity index (χ2n) is 3.11. The van der Waals surface area contributed by atoms with Gasteiger partial charge in [-0.15, -0.1) is 0 Å². The zero-order valence-electron chi connectivity index (χ0n) is 9.09. The molecule has 4 heteroatoms. The number of nitrogens with zero attached hydrogens (tertiary/aromatic N) is 2. The van der Waals surface area contributed by atoms with Gasteiger partial charge in [-0.2, -0.15) is 0 Å². The van der Waals surface area contributed by atoms with E-state index in [9.17, 15) is 4.79 Å². The molecule has 0 bridgehead atoms. The van der Waals surface area contributed by atoms with Gasteiger partial charge in [-0.25, -0.2) is 0 Å². The number of carbonyl (C=O) groups excluding carboxylic acids is 1. The van der Waals surface area contributed by atoms with Crippen LogP contribution in [0, 0.1) is 0 Å². The summed E-state index contributed by atoms with van der Waals surface area (Å²) in [5.41, 5.74) is 0.465. The molecule has 0 aliphatic heterocycles. The van der Waals surface area contributed by atoms with E-state index >= 15 is 0 Å². The number of hydrogen-bond donors (Lipinski definition) is 0. The molecule has 0 saturated heterocycles. The largest absolute Gasteiger partial charge is 0.312 e. The van der Waals surface area contributed by atoms with Crippen molar-refractivity contribution < 1.29 is 4.79 Å². The monoisotopic (exact) mass is 206 g/mol. The maximum absolute atomic E-state index is 10.8. The first-order valence-electron chi connectivity index (χ1n) is 4.07. The van der Waals surface area contributed by atoms with Crippen molar-refractivity contribution in [1.29, 1.82) is 0 Å². The summed E-state index contributed by atoms with van der Waals surface area (Å²) in [5, 5.41) is 0. The van der Waals surface area contributed by atoms with E-state index in [0.717, 1.165) is 4.42 Å². The predicted molar refractivity (Wildman–Crippen MR) is 57.7 cm³/mol. The van der Waals surface area contributed by atoms with Crippen LogP contribution in [0.1, 0.15) is 13.8 Å². The van der Waals surface area contributed by atoms with Crippen LogP contribution in [-0.2, 0) is 4.79 Å². The van der Waals surface area contributed by atoms with Gasteiger partial charge in [0.2, 0.25) is 0 Å². The van der Waals surface area contributed by atoms with Gasteiger partial charge < -0.3 is 4.90 Å². The summed E-state index contributed by atoms with van der Waals surface area (Å²) in [4.78, 5) is 12.8. The molecule has 0 spiro atoms. The molecule has 0 aromatic carbocycles. The van der Waals surface area contributed by atoms with Crippen molar-refractivity contribution in [2.45, 2.75) is 13.8 Å². The highest BCUT2D eigenvalue weighted by Gasteiger charge is 2.07. The highest BCUT2D eigenvalue weighted by Crippen LogP contribution is 2.00.